The molecule has 4 atom stereocenters. The Hall–Kier alpha value is -1.24. The fraction of sp³-hybridized carbons (Fsp3) is 0.833. The summed E-state index contributed by atoms with van der Waals surface area (Å²) in [5.41, 5.74) is 0. The van der Waals surface area contributed by atoms with E-state index in [9.17, 15) is 0 Å². The highest BCUT2D eigenvalue weighted by molar-refractivity contribution is 5.37. The zero-order chi connectivity index (χ0) is 13.1. The zero-order valence-corrected chi connectivity index (χ0v) is 10.4. The Morgan fingerprint density at radius 2 is 0.875 bits per heavy atom. The highest BCUT2D eigenvalue weighted by atomic mass is 16.1. The predicted octanol–water partition coefficient (Wildman–Crippen LogP) is 3.11. The number of carbonyl (C=O) groups excluding carboxylic acids is 2. The third-order valence-corrected chi connectivity index (χ3v) is 3.43. The summed E-state index contributed by atoms with van der Waals surface area (Å²) in [6.07, 6.45) is 3.89. The molecule has 1 saturated carbocycles. The molecule has 0 radical (unpaired) electrons. The molecule has 0 heterocycles. The molecule has 0 aromatic heterocycles. The van der Waals surface area contributed by atoms with Gasteiger partial charge in [-0.05, 0) is 48.7 Å². The first kappa shape index (κ1) is 17.2. The first-order valence-corrected chi connectivity index (χ1v) is 5.46. The molecular weight excluding hydrogens is 204 g/mol. The highest BCUT2D eigenvalue weighted by Gasteiger charge is 2.26. The van der Waals surface area contributed by atoms with Crippen molar-refractivity contribution in [1.29, 1.82) is 0 Å². The van der Waals surface area contributed by atoms with Gasteiger partial charge in [-0.2, -0.15) is 0 Å². The van der Waals surface area contributed by atoms with Gasteiger partial charge in [-0.1, -0.05) is 27.7 Å². The van der Waals surface area contributed by atoms with Gasteiger partial charge in [0.15, 0.2) is 0 Å². The van der Waals surface area contributed by atoms with Gasteiger partial charge >= 0.3 is 0 Å². The number of rotatable bonds is 0. The second-order valence-corrected chi connectivity index (χ2v) is 4.56. The van der Waals surface area contributed by atoms with Crippen molar-refractivity contribution in [2.75, 3.05) is 0 Å². The van der Waals surface area contributed by atoms with E-state index in [-0.39, 0.29) is 0 Å². The van der Waals surface area contributed by atoms with Crippen molar-refractivity contribution >= 4 is 12.2 Å². The summed E-state index contributed by atoms with van der Waals surface area (Å²) in [6, 6.07) is 0. The van der Waals surface area contributed by atoms with E-state index in [0.717, 1.165) is 23.7 Å². The highest BCUT2D eigenvalue weighted by Crippen LogP contribution is 2.36. The summed E-state index contributed by atoms with van der Waals surface area (Å²) in [6.45, 7) is 9.58. The van der Waals surface area contributed by atoms with Crippen molar-refractivity contribution in [3.8, 4) is 0 Å². The minimum atomic E-state index is 0.500. The van der Waals surface area contributed by atoms with Crippen LogP contribution in [0.25, 0.3) is 10.8 Å². The van der Waals surface area contributed by atoms with E-state index in [1.165, 1.54) is 12.8 Å². The van der Waals surface area contributed by atoms with Crippen LogP contribution in [0.2, 0.25) is 0 Å². The van der Waals surface area contributed by atoms with Crippen LogP contribution < -0.4 is 0 Å². The van der Waals surface area contributed by atoms with Gasteiger partial charge in [-0.25, -0.2) is 0 Å². The Kier molecular flexibility index (Phi) is 11.0. The van der Waals surface area contributed by atoms with E-state index in [4.69, 9.17) is 20.4 Å². The Bertz CT molecular complexity index is 203. The SMILES string of the molecule is CC1CC(C)C(C)CC1C.[N-]=C=O.[N-]=C=O. The first-order chi connectivity index (χ1) is 7.44. The van der Waals surface area contributed by atoms with E-state index < -0.39 is 0 Å². The van der Waals surface area contributed by atoms with E-state index in [1.54, 1.807) is 0 Å². The largest absolute Gasteiger partial charge is 0.724 e. The van der Waals surface area contributed by atoms with Crippen LogP contribution in [0.4, 0.5) is 0 Å². The predicted molar refractivity (Wildman–Crippen MR) is 64.0 cm³/mol. The summed E-state index contributed by atoms with van der Waals surface area (Å²) in [5, 5.41) is 13.5. The summed E-state index contributed by atoms with van der Waals surface area (Å²) in [7, 11) is 0. The second kappa shape index (κ2) is 10.3. The maximum absolute atomic E-state index is 8.24. The second-order valence-electron chi connectivity index (χ2n) is 4.56. The molecule has 0 saturated heterocycles. The number of nitrogens with zero attached hydrogens (tertiary/aromatic N) is 2. The van der Waals surface area contributed by atoms with Gasteiger partial charge in [0.25, 0.3) is 0 Å². The van der Waals surface area contributed by atoms with Crippen LogP contribution in [0.1, 0.15) is 40.5 Å². The molecule has 92 valence electrons. The standard InChI is InChI=1S/C10H20.2CNO/c1-7-5-9(3)10(4)6-8(7)2;2*2-1-3/h7-10H,5-6H2,1-4H3;;/q;2*-1. The molecule has 4 heteroatoms. The van der Waals surface area contributed by atoms with Crippen molar-refractivity contribution in [2.45, 2.75) is 40.5 Å². The fourth-order valence-electron chi connectivity index (χ4n) is 2.10. The zero-order valence-electron chi connectivity index (χ0n) is 10.4. The lowest BCUT2D eigenvalue weighted by Crippen LogP contribution is -2.25. The summed E-state index contributed by atoms with van der Waals surface area (Å²) in [5.74, 6) is 3.86. The minimum Gasteiger partial charge on any atom is -0.724 e. The Balaban J connectivity index is 0. The van der Waals surface area contributed by atoms with Crippen molar-refractivity contribution in [3.63, 3.8) is 0 Å². The number of isocyanates is 2. The lowest BCUT2D eigenvalue weighted by molar-refractivity contribution is 0.157. The van der Waals surface area contributed by atoms with Crippen LogP contribution >= 0.6 is 0 Å². The van der Waals surface area contributed by atoms with Crippen LogP contribution in [0.15, 0.2) is 0 Å². The van der Waals surface area contributed by atoms with Gasteiger partial charge in [-0.3, -0.25) is 9.59 Å². The van der Waals surface area contributed by atoms with Crippen molar-refractivity contribution in [1.82, 2.24) is 0 Å². The molecule has 1 aliphatic rings. The van der Waals surface area contributed by atoms with Crippen LogP contribution in [0.5, 0.6) is 0 Å². The van der Waals surface area contributed by atoms with Crippen LogP contribution in [0.3, 0.4) is 0 Å². The Morgan fingerprint density at radius 1 is 0.750 bits per heavy atom. The summed E-state index contributed by atoms with van der Waals surface area (Å²) in [4.78, 5) is 16.5. The van der Waals surface area contributed by atoms with Gasteiger partial charge < -0.3 is 10.8 Å². The molecule has 0 spiro atoms. The smallest absolute Gasteiger partial charge is 0.0159 e. The molecule has 0 amide bonds. The average Bonchev–Trinajstić information content (AvgIpc) is 2.17. The summed E-state index contributed by atoms with van der Waals surface area (Å²) >= 11 is 0. The molecule has 0 N–H and O–H groups in total. The molecule has 1 rings (SSSR count). The molecule has 1 aliphatic carbocycles. The monoisotopic (exact) mass is 224 g/mol. The molecule has 0 aromatic carbocycles. The lowest BCUT2D eigenvalue weighted by atomic mass is 9.71. The van der Waals surface area contributed by atoms with Gasteiger partial charge in [0.1, 0.15) is 0 Å². The molecule has 4 unspecified atom stereocenters. The van der Waals surface area contributed by atoms with Crippen LogP contribution in [0, 0.1) is 23.7 Å². The van der Waals surface area contributed by atoms with E-state index in [1.807, 2.05) is 0 Å². The van der Waals surface area contributed by atoms with Crippen molar-refractivity contribution in [2.24, 2.45) is 23.7 Å². The minimum absolute atomic E-state index is 0.500. The molecule has 0 aromatic rings. The van der Waals surface area contributed by atoms with Gasteiger partial charge in [-0.15, -0.1) is 0 Å². The normalized spacial score (nSPS) is 31.8. The maximum atomic E-state index is 8.24. The van der Waals surface area contributed by atoms with Crippen LogP contribution in [-0.2, 0) is 9.59 Å². The third kappa shape index (κ3) is 8.10. The van der Waals surface area contributed by atoms with E-state index >= 15 is 0 Å². The molecular formula is C12H20N2O2-2. The van der Waals surface area contributed by atoms with Crippen LogP contribution in [-0.4, -0.2) is 12.2 Å². The van der Waals surface area contributed by atoms with E-state index in [0.29, 0.717) is 12.2 Å². The molecule has 1 fully saturated rings. The molecule has 0 aliphatic heterocycles. The van der Waals surface area contributed by atoms with Crippen molar-refractivity contribution in [3.05, 3.63) is 10.8 Å². The number of hydrogen-bond donors (Lipinski definition) is 0. The molecule has 4 nitrogen and oxygen atoms in total. The summed E-state index contributed by atoms with van der Waals surface area (Å²) < 4.78 is 0. The topological polar surface area (TPSA) is 78.7 Å². The van der Waals surface area contributed by atoms with Gasteiger partial charge in [0.2, 0.25) is 0 Å². The molecule has 0 bridgehead atoms. The van der Waals surface area contributed by atoms with Gasteiger partial charge in [0.05, 0.1) is 0 Å². The maximum Gasteiger partial charge on any atom is -0.0159 e. The first-order valence-electron chi connectivity index (χ1n) is 5.46. The molecule has 16 heavy (non-hydrogen) atoms. The third-order valence-electron chi connectivity index (χ3n) is 3.43. The Morgan fingerprint density at radius 3 is 1.00 bits per heavy atom. The van der Waals surface area contributed by atoms with E-state index in [2.05, 4.69) is 27.7 Å². The quantitative estimate of drug-likeness (QED) is 0.468. The van der Waals surface area contributed by atoms with Gasteiger partial charge in [0, 0.05) is 0 Å². The average molecular weight is 224 g/mol. The number of hydrogen-bond acceptors (Lipinski definition) is 2. The van der Waals surface area contributed by atoms with Crippen molar-refractivity contribution < 1.29 is 9.59 Å². The Labute approximate surface area is 97.5 Å². The lowest BCUT2D eigenvalue weighted by Gasteiger charge is -2.35. The fourth-order valence-corrected chi connectivity index (χ4v) is 2.10.